The van der Waals surface area contributed by atoms with Gasteiger partial charge in [-0.25, -0.2) is 0 Å². The number of nitrogens with one attached hydrogen (secondary N) is 1. The van der Waals surface area contributed by atoms with E-state index >= 15 is 0 Å². The highest BCUT2D eigenvalue weighted by molar-refractivity contribution is 5.81. The molecule has 0 atom stereocenters. The summed E-state index contributed by atoms with van der Waals surface area (Å²) in [6.45, 7) is -0.697. The van der Waals surface area contributed by atoms with E-state index < -0.39 is 36.3 Å². The summed E-state index contributed by atoms with van der Waals surface area (Å²) >= 11 is 0. The number of carbonyl (C=O) groups excluding carboxylic acids is 1. The molecule has 2 N–H and O–H groups in total. The summed E-state index contributed by atoms with van der Waals surface area (Å²) < 4.78 is 79.2. The largest absolute Gasteiger partial charge is 0.409 e. The lowest BCUT2D eigenvalue weighted by atomic mass is 9.90. The van der Waals surface area contributed by atoms with E-state index in [1.807, 2.05) is 0 Å². The van der Waals surface area contributed by atoms with Crippen molar-refractivity contribution >= 4 is 5.91 Å². The molecular weight excluding hydrogens is 296 g/mol. The molecule has 0 aromatic heterocycles. The molecule has 1 fully saturated rings. The van der Waals surface area contributed by atoms with Gasteiger partial charge in [0.15, 0.2) is 0 Å². The van der Waals surface area contributed by atoms with Crippen molar-refractivity contribution in [1.29, 1.82) is 0 Å². The fourth-order valence-corrected chi connectivity index (χ4v) is 1.90. The van der Waals surface area contributed by atoms with E-state index in [9.17, 15) is 31.1 Å². The van der Waals surface area contributed by atoms with Gasteiger partial charge in [0, 0.05) is 13.2 Å². The number of halogens is 6. The van der Waals surface area contributed by atoms with E-state index in [1.54, 1.807) is 5.32 Å². The van der Waals surface area contributed by atoms with Crippen LogP contribution in [0.25, 0.3) is 0 Å². The Kier molecular flexibility index (Phi) is 4.90. The summed E-state index contributed by atoms with van der Waals surface area (Å²) in [5, 5.41) is 10.8. The molecule has 1 rings (SSSR count). The van der Waals surface area contributed by atoms with E-state index in [0.29, 0.717) is 0 Å². The third-order valence-corrected chi connectivity index (χ3v) is 3.06. The number of alkyl halides is 6. The molecule has 0 aliphatic carbocycles. The number of aliphatic hydroxyl groups excluding tert-OH is 1. The molecule has 1 aliphatic rings. The van der Waals surface area contributed by atoms with Gasteiger partial charge in [-0.2, -0.15) is 26.3 Å². The van der Waals surface area contributed by atoms with Crippen LogP contribution in [-0.2, 0) is 9.53 Å². The quantitative estimate of drug-likeness (QED) is 0.775. The van der Waals surface area contributed by atoms with Gasteiger partial charge in [-0.05, 0) is 12.8 Å². The highest BCUT2D eigenvalue weighted by Gasteiger charge is 2.61. The van der Waals surface area contributed by atoms with Gasteiger partial charge in [0.2, 0.25) is 11.8 Å². The van der Waals surface area contributed by atoms with Crippen molar-refractivity contribution in [2.24, 2.45) is 5.92 Å². The monoisotopic (exact) mass is 309 g/mol. The summed E-state index contributed by atoms with van der Waals surface area (Å²) in [7, 11) is 0. The van der Waals surface area contributed by atoms with Crippen molar-refractivity contribution in [3.8, 4) is 0 Å². The molecule has 0 aromatic rings. The number of aliphatic hydroxyl groups is 1. The molecule has 0 unspecified atom stereocenters. The minimum absolute atomic E-state index is 0.0313. The first-order chi connectivity index (χ1) is 9.02. The summed E-state index contributed by atoms with van der Waals surface area (Å²) in [4.78, 5) is 11.4. The molecule has 0 aromatic carbocycles. The van der Waals surface area contributed by atoms with Crippen LogP contribution in [-0.4, -0.2) is 48.7 Å². The van der Waals surface area contributed by atoms with E-state index in [-0.39, 0.29) is 26.1 Å². The minimum Gasteiger partial charge on any atom is -0.394 e. The van der Waals surface area contributed by atoms with Crippen LogP contribution < -0.4 is 5.32 Å². The Morgan fingerprint density at radius 1 is 1.15 bits per heavy atom. The minimum atomic E-state index is -5.75. The molecule has 1 heterocycles. The predicted molar refractivity (Wildman–Crippen MR) is 53.6 cm³/mol. The fourth-order valence-electron chi connectivity index (χ4n) is 1.90. The summed E-state index contributed by atoms with van der Waals surface area (Å²) in [6.07, 6.45) is -11.6. The van der Waals surface area contributed by atoms with Crippen molar-refractivity contribution in [2.75, 3.05) is 19.8 Å². The van der Waals surface area contributed by atoms with E-state index in [4.69, 9.17) is 9.84 Å². The molecule has 0 spiro atoms. The van der Waals surface area contributed by atoms with Crippen molar-refractivity contribution in [2.45, 2.75) is 30.7 Å². The molecule has 0 radical (unpaired) electrons. The van der Waals surface area contributed by atoms with Crippen LogP contribution in [0.1, 0.15) is 12.8 Å². The molecule has 1 amide bonds. The Balaban J connectivity index is 2.91. The van der Waals surface area contributed by atoms with Gasteiger partial charge in [0.1, 0.15) is 0 Å². The van der Waals surface area contributed by atoms with E-state index in [2.05, 4.69) is 0 Å². The van der Waals surface area contributed by atoms with Crippen LogP contribution in [0.15, 0.2) is 0 Å². The molecule has 10 heteroatoms. The van der Waals surface area contributed by atoms with Crippen molar-refractivity contribution in [1.82, 2.24) is 5.32 Å². The SMILES string of the molecule is O=C(NC1(CO)CCOCC1)C(C(F)(F)F)C(F)(F)F. The zero-order valence-corrected chi connectivity index (χ0v) is 10.1. The van der Waals surface area contributed by atoms with Crippen LogP contribution in [0.5, 0.6) is 0 Å². The maximum atomic E-state index is 12.4. The Hall–Kier alpha value is -1.03. The van der Waals surface area contributed by atoms with E-state index in [1.165, 1.54) is 0 Å². The first kappa shape index (κ1) is 17.0. The van der Waals surface area contributed by atoms with Crippen molar-refractivity contribution in [3.05, 3.63) is 0 Å². The normalized spacial score (nSPS) is 20.0. The van der Waals surface area contributed by atoms with Gasteiger partial charge in [0.05, 0.1) is 12.1 Å². The maximum absolute atomic E-state index is 12.4. The smallest absolute Gasteiger partial charge is 0.394 e. The Bertz CT molecular complexity index is 334. The highest BCUT2D eigenvalue weighted by atomic mass is 19.4. The molecular formula is C10H13F6NO3. The average molecular weight is 309 g/mol. The zero-order chi connectivity index (χ0) is 15.6. The number of rotatable bonds is 3. The van der Waals surface area contributed by atoms with E-state index in [0.717, 1.165) is 0 Å². The van der Waals surface area contributed by atoms with Crippen LogP contribution >= 0.6 is 0 Å². The highest BCUT2D eigenvalue weighted by Crippen LogP contribution is 2.39. The van der Waals surface area contributed by atoms with Gasteiger partial charge >= 0.3 is 12.4 Å². The molecule has 0 saturated carbocycles. The first-order valence-corrected chi connectivity index (χ1v) is 5.66. The second kappa shape index (κ2) is 5.76. The number of carbonyl (C=O) groups is 1. The molecule has 0 bridgehead atoms. The zero-order valence-electron chi connectivity index (χ0n) is 10.1. The Morgan fingerprint density at radius 2 is 1.60 bits per heavy atom. The molecule has 20 heavy (non-hydrogen) atoms. The fraction of sp³-hybridized carbons (Fsp3) is 0.900. The van der Waals surface area contributed by atoms with Crippen LogP contribution in [0.3, 0.4) is 0 Å². The lowest BCUT2D eigenvalue weighted by molar-refractivity contribution is -0.275. The van der Waals surface area contributed by atoms with Gasteiger partial charge < -0.3 is 15.2 Å². The third-order valence-electron chi connectivity index (χ3n) is 3.06. The topological polar surface area (TPSA) is 58.6 Å². The standard InChI is InChI=1S/C10H13F6NO3/c11-9(12,13)6(10(14,15)16)7(19)17-8(5-18)1-3-20-4-2-8/h6,18H,1-5H2,(H,17,19). The van der Waals surface area contributed by atoms with Crippen molar-refractivity contribution < 1.29 is 41.0 Å². The molecule has 1 saturated heterocycles. The summed E-state index contributed by atoms with van der Waals surface area (Å²) in [5.74, 6) is -6.32. The second-order valence-electron chi connectivity index (χ2n) is 4.56. The number of ether oxygens (including phenoxy) is 1. The molecule has 118 valence electrons. The van der Waals surface area contributed by atoms with Crippen molar-refractivity contribution in [3.63, 3.8) is 0 Å². The number of hydrogen-bond donors (Lipinski definition) is 2. The maximum Gasteiger partial charge on any atom is 0.409 e. The Morgan fingerprint density at radius 3 is 1.95 bits per heavy atom. The molecule has 4 nitrogen and oxygen atoms in total. The average Bonchev–Trinajstić information content (AvgIpc) is 2.25. The summed E-state index contributed by atoms with van der Waals surface area (Å²) in [5.41, 5.74) is -1.51. The second-order valence-corrected chi connectivity index (χ2v) is 4.56. The van der Waals surface area contributed by atoms with Crippen LogP contribution in [0.2, 0.25) is 0 Å². The van der Waals surface area contributed by atoms with Gasteiger partial charge in [0.25, 0.3) is 0 Å². The lowest BCUT2D eigenvalue weighted by Crippen LogP contribution is -2.59. The summed E-state index contributed by atoms with van der Waals surface area (Å²) in [6, 6.07) is 0. The predicted octanol–water partition coefficient (Wildman–Crippen LogP) is 1.38. The van der Waals surface area contributed by atoms with Crippen LogP contribution in [0, 0.1) is 5.92 Å². The van der Waals surface area contributed by atoms with Gasteiger partial charge in [-0.15, -0.1) is 0 Å². The van der Waals surface area contributed by atoms with Gasteiger partial charge in [-0.1, -0.05) is 0 Å². The Labute approximate surface area is 110 Å². The lowest BCUT2D eigenvalue weighted by Gasteiger charge is -2.37. The number of hydrogen-bond acceptors (Lipinski definition) is 3. The number of amides is 1. The molecule has 1 aliphatic heterocycles. The van der Waals surface area contributed by atoms with Gasteiger partial charge in [-0.3, -0.25) is 4.79 Å². The van der Waals surface area contributed by atoms with Crippen LogP contribution in [0.4, 0.5) is 26.3 Å². The third kappa shape index (κ3) is 3.98. The first-order valence-electron chi connectivity index (χ1n) is 5.66.